The van der Waals surface area contributed by atoms with Crippen LogP contribution in [0.3, 0.4) is 0 Å². The van der Waals surface area contributed by atoms with Gasteiger partial charge in [-0.1, -0.05) is 37.3 Å². The molecule has 2 N–H and O–H groups in total. The summed E-state index contributed by atoms with van der Waals surface area (Å²) in [5.74, 6) is 1.59. The maximum absolute atomic E-state index is 5.61. The Labute approximate surface area is 110 Å². The van der Waals surface area contributed by atoms with Gasteiger partial charge in [-0.15, -0.1) is 0 Å². The van der Waals surface area contributed by atoms with Crippen LogP contribution in [0.25, 0.3) is 11.6 Å². The summed E-state index contributed by atoms with van der Waals surface area (Å²) in [6.07, 6.45) is 8.61. The fraction of sp³-hybridized carbons (Fsp3) is 0.667. The molecule has 19 heavy (non-hydrogen) atoms. The van der Waals surface area contributed by atoms with Crippen molar-refractivity contribution in [2.45, 2.75) is 50.9 Å². The van der Waals surface area contributed by atoms with Crippen molar-refractivity contribution in [1.29, 1.82) is 0 Å². The first kappa shape index (κ1) is 12.1. The van der Waals surface area contributed by atoms with E-state index in [2.05, 4.69) is 25.1 Å². The smallest absolute Gasteiger partial charge is 0.284 e. The second-order valence-electron chi connectivity index (χ2n) is 5.00. The normalized spacial score (nSPS) is 18.1. The topological polar surface area (TPSA) is 104 Å². The van der Waals surface area contributed by atoms with E-state index in [1.807, 2.05) is 0 Å². The van der Waals surface area contributed by atoms with Crippen molar-refractivity contribution >= 4 is 5.82 Å². The molecule has 0 spiro atoms. The predicted molar refractivity (Wildman–Crippen MR) is 67.1 cm³/mol. The molecular formula is C12H17N5O2. The van der Waals surface area contributed by atoms with Crippen LogP contribution in [0.5, 0.6) is 0 Å². The second kappa shape index (κ2) is 5.38. The molecule has 2 heterocycles. The van der Waals surface area contributed by atoms with Crippen molar-refractivity contribution in [3.8, 4) is 11.6 Å². The van der Waals surface area contributed by atoms with E-state index >= 15 is 0 Å². The van der Waals surface area contributed by atoms with Crippen LogP contribution in [0.1, 0.15) is 56.7 Å². The molecule has 0 radical (unpaired) electrons. The molecule has 1 fully saturated rings. The molecule has 3 rings (SSSR count). The van der Waals surface area contributed by atoms with Gasteiger partial charge in [0.2, 0.25) is 11.5 Å². The largest absolute Gasteiger partial charge is 0.379 e. The minimum atomic E-state index is 0.174. The van der Waals surface area contributed by atoms with Crippen LogP contribution in [0, 0.1) is 0 Å². The number of aromatic nitrogens is 4. The predicted octanol–water partition coefficient (Wildman–Crippen LogP) is 2.53. The van der Waals surface area contributed by atoms with Crippen molar-refractivity contribution < 1.29 is 9.15 Å². The molecule has 7 nitrogen and oxygen atoms in total. The number of nitrogens with zero attached hydrogens (tertiary/aromatic N) is 4. The lowest BCUT2D eigenvalue weighted by atomic mass is 9.91. The van der Waals surface area contributed by atoms with Gasteiger partial charge in [0, 0.05) is 5.92 Å². The lowest BCUT2D eigenvalue weighted by Crippen LogP contribution is -2.04. The Morgan fingerprint density at radius 1 is 0.947 bits per heavy atom. The van der Waals surface area contributed by atoms with Gasteiger partial charge in [0.05, 0.1) is 0 Å². The summed E-state index contributed by atoms with van der Waals surface area (Å²) in [4.78, 5) is 4.39. The molecule has 0 bridgehead atoms. The van der Waals surface area contributed by atoms with Crippen molar-refractivity contribution in [2.75, 3.05) is 5.73 Å². The molecule has 7 heteroatoms. The fourth-order valence-electron chi connectivity index (χ4n) is 2.56. The van der Waals surface area contributed by atoms with Crippen molar-refractivity contribution in [3.63, 3.8) is 0 Å². The van der Waals surface area contributed by atoms with Crippen LogP contribution < -0.4 is 5.73 Å². The third kappa shape index (κ3) is 2.59. The van der Waals surface area contributed by atoms with Crippen LogP contribution in [-0.2, 0) is 0 Å². The monoisotopic (exact) mass is 263 g/mol. The van der Waals surface area contributed by atoms with Gasteiger partial charge in [-0.3, -0.25) is 0 Å². The summed E-state index contributed by atoms with van der Waals surface area (Å²) in [6, 6.07) is 0. The third-order valence-electron chi connectivity index (χ3n) is 3.63. The number of anilines is 1. The third-order valence-corrected chi connectivity index (χ3v) is 3.63. The van der Waals surface area contributed by atoms with Crippen LogP contribution in [0.2, 0.25) is 0 Å². The van der Waals surface area contributed by atoms with Crippen LogP contribution in [-0.4, -0.2) is 20.5 Å². The fourth-order valence-corrected chi connectivity index (χ4v) is 2.56. The van der Waals surface area contributed by atoms with Gasteiger partial charge in [-0.2, -0.15) is 4.98 Å². The van der Waals surface area contributed by atoms with E-state index in [0.29, 0.717) is 11.6 Å². The van der Waals surface area contributed by atoms with E-state index in [1.165, 1.54) is 32.1 Å². The molecule has 1 aliphatic carbocycles. The zero-order valence-electron chi connectivity index (χ0n) is 10.7. The first-order valence-corrected chi connectivity index (χ1v) is 6.76. The summed E-state index contributed by atoms with van der Waals surface area (Å²) < 4.78 is 9.75. The van der Waals surface area contributed by atoms with E-state index in [4.69, 9.17) is 10.3 Å². The van der Waals surface area contributed by atoms with E-state index in [1.54, 1.807) is 0 Å². The van der Waals surface area contributed by atoms with Gasteiger partial charge in [0.15, 0.2) is 5.82 Å². The summed E-state index contributed by atoms with van der Waals surface area (Å²) in [6.45, 7) is 0. The van der Waals surface area contributed by atoms with Crippen molar-refractivity contribution in [1.82, 2.24) is 20.5 Å². The zero-order valence-corrected chi connectivity index (χ0v) is 10.7. The minimum absolute atomic E-state index is 0.174. The Kier molecular flexibility index (Phi) is 3.43. The molecule has 2 aromatic rings. The summed E-state index contributed by atoms with van der Waals surface area (Å²) in [5.41, 5.74) is 5.93. The highest BCUT2D eigenvalue weighted by atomic mass is 16.6. The van der Waals surface area contributed by atoms with Gasteiger partial charge in [0.25, 0.3) is 5.89 Å². The lowest BCUT2D eigenvalue weighted by Gasteiger charge is -2.15. The molecule has 0 atom stereocenters. The van der Waals surface area contributed by atoms with E-state index in [9.17, 15) is 0 Å². The van der Waals surface area contributed by atoms with Gasteiger partial charge in [-0.05, 0) is 23.2 Å². The molecule has 1 aliphatic rings. The van der Waals surface area contributed by atoms with Crippen LogP contribution in [0.15, 0.2) is 9.15 Å². The van der Waals surface area contributed by atoms with Crippen molar-refractivity contribution in [3.05, 3.63) is 5.82 Å². The highest BCUT2D eigenvalue weighted by Gasteiger charge is 2.22. The first-order valence-electron chi connectivity index (χ1n) is 6.76. The van der Waals surface area contributed by atoms with Crippen LogP contribution in [0.4, 0.5) is 5.82 Å². The van der Waals surface area contributed by atoms with Gasteiger partial charge in [0.1, 0.15) is 0 Å². The molecular weight excluding hydrogens is 246 g/mol. The number of nitrogen functional groups attached to an aromatic ring is 1. The minimum Gasteiger partial charge on any atom is -0.379 e. The molecule has 0 amide bonds. The van der Waals surface area contributed by atoms with Crippen molar-refractivity contribution in [2.24, 2.45) is 0 Å². The first-order chi connectivity index (χ1) is 9.34. The summed E-state index contributed by atoms with van der Waals surface area (Å²) in [5, 5.41) is 11.2. The number of hydrogen-bond acceptors (Lipinski definition) is 7. The maximum atomic E-state index is 5.61. The van der Waals surface area contributed by atoms with E-state index in [-0.39, 0.29) is 11.7 Å². The molecule has 0 unspecified atom stereocenters. The Morgan fingerprint density at radius 3 is 2.37 bits per heavy atom. The Bertz CT molecular complexity index is 528. The summed E-state index contributed by atoms with van der Waals surface area (Å²) in [7, 11) is 0. The standard InChI is InChI=1S/C12H17N5O2/c13-10-9(15-19-16-10)12-14-11(17-18-12)8-6-4-2-1-3-5-7-8/h8H,1-7H2,(H2,13,16). The molecule has 1 saturated carbocycles. The van der Waals surface area contributed by atoms with Gasteiger partial charge >= 0.3 is 0 Å². The van der Waals surface area contributed by atoms with E-state index < -0.39 is 0 Å². The van der Waals surface area contributed by atoms with Gasteiger partial charge < -0.3 is 10.3 Å². The highest BCUT2D eigenvalue weighted by Crippen LogP contribution is 2.30. The molecule has 2 aromatic heterocycles. The molecule has 102 valence electrons. The molecule has 0 aliphatic heterocycles. The van der Waals surface area contributed by atoms with E-state index in [0.717, 1.165) is 18.7 Å². The molecule has 0 saturated heterocycles. The lowest BCUT2D eigenvalue weighted by molar-refractivity contribution is 0.308. The zero-order chi connectivity index (χ0) is 13.1. The Morgan fingerprint density at radius 2 is 1.68 bits per heavy atom. The number of hydrogen-bond donors (Lipinski definition) is 1. The summed E-state index contributed by atoms with van der Waals surface area (Å²) >= 11 is 0. The highest BCUT2D eigenvalue weighted by molar-refractivity contribution is 5.60. The maximum Gasteiger partial charge on any atom is 0.284 e. The quantitative estimate of drug-likeness (QED) is 0.887. The van der Waals surface area contributed by atoms with Crippen LogP contribution >= 0.6 is 0 Å². The SMILES string of the molecule is Nc1nonc1-c1nc(C2CCCCCCC2)no1. The average Bonchev–Trinajstić information content (AvgIpc) is 2.97. The Balaban J connectivity index is 1.78. The van der Waals surface area contributed by atoms with Gasteiger partial charge in [-0.25, -0.2) is 4.63 Å². The average molecular weight is 263 g/mol. The second-order valence-corrected chi connectivity index (χ2v) is 5.00. The number of rotatable bonds is 2. The molecule has 0 aromatic carbocycles. The Hall–Kier alpha value is -1.92. The number of nitrogens with two attached hydrogens (primary N) is 1.